The molecule has 0 spiro atoms. The van der Waals surface area contributed by atoms with Gasteiger partial charge in [-0.15, -0.1) is 0 Å². The Labute approximate surface area is 124 Å². The van der Waals surface area contributed by atoms with E-state index in [4.69, 9.17) is 5.11 Å². The van der Waals surface area contributed by atoms with E-state index in [0.29, 0.717) is 13.1 Å². The highest BCUT2D eigenvalue weighted by atomic mass is 16.4. The number of carbonyl (C=O) groups excluding carboxylic acids is 1. The average molecular weight is 288 g/mol. The van der Waals surface area contributed by atoms with Gasteiger partial charge in [0, 0.05) is 19.3 Å². The Bertz CT molecular complexity index is 600. The number of aromatic carboxylic acids is 1. The largest absolute Gasteiger partial charge is 0.478 e. The number of carboxylic acids is 1. The van der Waals surface area contributed by atoms with Gasteiger partial charge in [0.2, 0.25) is 0 Å². The van der Waals surface area contributed by atoms with Gasteiger partial charge in [-0.05, 0) is 24.0 Å². The molecular formula is C16H20N2O3. The van der Waals surface area contributed by atoms with Gasteiger partial charge in [-0.1, -0.05) is 32.4 Å². The van der Waals surface area contributed by atoms with E-state index >= 15 is 0 Å². The van der Waals surface area contributed by atoms with E-state index in [0.717, 1.165) is 6.42 Å². The molecule has 0 saturated carbocycles. The summed E-state index contributed by atoms with van der Waals surface area (Å²) in [4.78, 5) is 29.2. The summed E-state index contributed by atoms with van der Waals surface area (Å²) < 4.78 is 0. The second kappa shape index (κ2) is 5.68. The first-order valence-electron chi connectivity index (χ1n) is 6.98. The summed E-state index contributed by atoms with van der Waals surface area (Å²) in [5.74, 6) is -1.45. The lowest BCUT2D eigenvalue weighted by Crippen LogP contribution is -2.37. The van der Waals surface area contributed by atoms with Gasteiger partial charge < -0.3 is 10.0 Å². The van der Waals surface area contributed by atoms with Gasteiger partial charge in [-0.2, -0.15) is 0 Å². The van der Waals surface area contributed by atoms with Crippen LogP contribution in [-0.4, -0.2) is 40.0 Å². The topological polar surface area (TPSA) is 70.5 Å². The van der Waals surface area contributed by atoms with Crippen LogP contribution in [0.5, 0.6) is 0 Å². The average Bonchev–Trinajstić information content (AvgIpc) is 2.45. The summed E-state index contributed by atoms with van der Waals surface area (Å²) in [7, 11) is 0. The van der Waals surface area contributed by atoms with Gasteiger partial charge in [0.1, 0.15) is 5.69 Å². The zero-order valence-corrected chi connectivity index (χ0v) is 12.6. The third-order valence-electron chi connectivity index (χ3n) is 3.70. The van der Waals surface area contributed by atoms with Gasteiger partial charge in [0.15, 0.2) is 0 Å². The predicted molar refractivity (Wildman–Crippen MR) is 79.3 cm³/mol. The molecule has 0 radical (unpaired) electrons. The van der Waals surface area contributed by atoms with E-state index in [1.165, 1.54) is 23.9 Å². The minimum Gasteiger partial charge on any atom is -0.478 e. The lowest BCUT2D eigenvalue weighted by molar-refractivity contribution is 0.0674. The molecule has 1 N–H and O–H groups in total. The zero-order valence-electron chi connectivity index (χ0n) is 12.6. The highest BCUT2D eigenvalue weighted by Gasteiger charge is 2.27. The lowest BCUT2D eigenvalue weighted by Gasteiger charge is -2.32. The Morgan fingerprint density at radius 2 is 2.05 bits per heavy atom. The molecule has 1 aliphatic rings. The molecular weight excluding hydrogens is 268 g/mol. The molecule has 1 amide bonds. The number of carboxylic acid groups (broad SMARTS) is 1. The highest BCUT2D eigenvalue weighted by molar-refractivity contribution is 6.03. The fourth-order valence-electron chi connectivity index (χ4n) is 2.43. The summed E-state index contributed by atoms with van der Waals surface area (Å²) in [5, 5.41) is 9.14. The monoisotopic (exact) mass is 288 g/mol. The first kappa shape index (κ1) is 15.2. The molecule has 5 nitrogen and oxygen atoms in total. The SMILES string of the molecule is CC(C)(C)C1=CCN(C(=O)c2ncccc2C(=O)O)CC1. The first-order valence-corrected chi connectivity index (χ1v) is 6.98. The second-order valence-corrected chi connectivity index (χ2v) is 6.19. The van der Waals surface area contributed by atoms with Crippen molar-refractivity contribution in [2.24, 2.45) is 5.41 Å². The fourth-order valence-corrected chi connectivity index (χ4v) is 2.43. The molecule has 1 aromatic rings. The van der Waals surface area contributed by atoms with Crippen LogP contribution in [0.2, 0.25) is 0 Å². The van der Waals surface area contributed by atoms with Crippen LogP contribution in [0.1, 0.15) is 48.0 Å². The van der Waals surface area contributed by atoms with E-state index in [9.17, 15) is 9.59 Å². The number of aromatic nitrogens is 1. The summed E-state index contributed by atoms with van der Waals surface area (Å²) in [6.07, 6.45) is 4.31. The third-order valence-corrected chi connectivity index (χ3v) is 3.70. The molecule has 5 heteroatoms. The molecule has 0 atom stereocenters. The number of nitrogens with zero attached hydrogens (tertiary/aromatic N) is 2. The van der Waals surface area contributed by atoms with E-state index < -0.39 is 5.97 Å². The standard InChI is InChI=1S/C16H20N2O3/c1-16(2,3)11-6-9-18(10-7-11)14(19)13-12(15(20)21)5-4-8-17-13/h4-6,8H,7,9-10H2,1-3H3,(H,20,21). The van der Waals surface area contributed by atoms with Crippen LogP contribution in [0, 0.1) is 5.41 Å². The third kappa shape index (κ3) is 3.29. The van der Waals surface area contributed by atoms with Crippen molar-refractivity contribution in [1.29, 1.82) is 0 Å². The predicted octanol–water partition coefficient (Wildman–Crippen LogP) is 2.60. The molecule has 0 fully saturated rings. The van der Waals surface area contributed by atoms with Crippen molar-refractivity contribution < 1.29 is 14.7 Å². The molecule has 2 rings (SSSR count). The van der Waals surface area contributed by atoms with E-state index in [1.54, 1.807) is 4.90 Å². The van der Waals surface area contributed by atoms with Crippen molar-refractivity contribution in [3.05, 3.63) is 41.2 Å². The van der Waals surface area contributed by atoms with Gasteiger partial charge >= 0.3 is 5.97 Å². The Balaban J connectivity index is 2.20. The molecule has 1 aromatic heterocycles. The Kier molecular flexibility index (Phi) is 4.11. The van der Waals surface area contributed by atoms with Crippen LogP contribution in [0.15, 0.2) is 30.0 Å². The number of amides is 1. The zero-order chi connectivity index (χ0) is 15.6. The summed E-state index contributed by atoms with van der Waals surface area (Å²) in [6.45, 7) is 7.55. The molecule has 112 valence electrons. The van der Waals surface area contributed by atoms with E-state index in [1.807, 2.05) is 0 Å². The fraction of sp³-hybridized carbons (Fsp3) is 0.438. The summed E-state index contributed by atoms with van der Waals surface area (Å²) >= 11 is 0. The van der Waals surface area contributed by atoms with Crippen molar-refractivity contribution in [2.45, 2.75) is 27.2 Å². The smallest absolute Gasteiger partial charge is 0.338 e. The number of pyridine rings is 1. The number of hydrogen-bond acceptors (Lipinski definition) is 3. The van der Waals surface area contributed by atoms with Crippen LogP contribution >= 0.6 is 0 Å². The van der Waals surface area contributed by atoms with Crippen molar-refractivity contribution in [1.82, 2.24) is 9.88 Å². The van der Waals surface area contributed by atoms with Gasteiger partial charge in [0.25, 0.3) is 5.91 Å². The maximum absolute atomic E-state index is 12.5. The minimum absolute atomic E-state index is 0.0117. The first-order chi connectivity index (χ1) is 9.80. The Hall–Kier alpha value is -2.17. The van der Waals surface area contributed by atoms with Crippen molar-refractivity contribution in [3.8, 4) is 0 Å². The molecule has 0 saturated heterocycles. The molecule has 0 aromatic carbocycles. The molecule has 0 aliphatic carbocycles. The van der Waals surface area contributed by atoms with Crippen LogP contribution in [0.4, 0.5) is 0 Å². The number of carbonyl (C=O) groups is 2. The quantitative estimate of drug-likeness (QED) is 0.849. The molecule has 0 bridgehead atoms. The van der Waals surface area contributed by atoms with E-state index in [2.05, 4.69) is 31.8 Å². The van der Waals surface area contributed by atoms with Crippen LogP contribution in [-0.2, 0) is 0 Å². The van der Waals surface area contributed by atoms with Gasteiger partial charge in [-0.25, -0.2) is 4.79 Å². The maximum atomic E-state index is 12.5. The van der Waals surface area contributed by atoms with Crippen molar-refractivity contribution >= 4 is 11.9 Å². The Morgan fingerprint density at radius 1 is 1.33 bits per heavy atom. The maximum Gasteiger partial charge on any atom is 0.338 e. The summed E-state index contributed by atoms with van der Waals surface area (Å²) in [6, 6.07) is 2.93. The Morgan fingerprint density at radius 3 is 2.57 bits per heavy atom. The summed E-state index contributed by atoms with van der Waals surface area (Å²) in [5.41, 5.74) is 1.39. The van der Waals surface area contributed by atoms with Gasteiger partial charge in [-0.3, -0.25) is 9.78 Å². The van der Waals surface area contributed by atoms with Crippen LogP contribution < -0.4 is 0 Å². The van der Waals surface area contributed by atoms with Crippen LogP contribution in [0.25, 0.3) is 0 Å². The highest BCUT2D eigenvalue weighted by Crippen LogP contribution is 2.30. The van der Waals surface area contributed by atoms with Crippen molar-refractivity contribution in [2.75, 3.05) is 13.1 Å². The van der Waals surface area contributed by atoms with Crippen molar-refractivity contribution in [3.63, 3.8) is 0 Å². The van der Waals surface area contributed by atoms with Crippen LogP contribution in [0.3, 0.4) is 0 Å². The number of hydrogen-bond donors (Lipinski definition) is 1. The molecule has 1 aliphatic heterocycles. The number of rotatable bonds is 2. The molecule has 0 unspecified atom stereocenters. The normalized spacial score (nSPS) is 15.6. The molecule has 2 heterocycles. The second-order valence-electron chi connectivity index (χ2n) is 6.19. The molecule has 21 heavy (non-hydrogen) atoms. The van der Waals surface area contributed by atoms with E-state index in [-0.39, 0.29) is 22.6 Å². The van der Waals surface area contributed by atoms with Gasteiger partial charge in [0.05, 0.1) is 5.56 Å². The lowest BCUT2D eigenvalue weighted by atomic mass is 9.83. The minimum atomic E-state index is -1.13.